The molecule has 1 fully saturated rings. The number of amides is 2. The van der Waals surface area contributed by atoms with Crippen LogP contribution < -0.4 is 5.32 Å². The largest absolute Gasteiger partial charge is 0.354 e. The summed E-state index contributed by atoms with van der Waals surface area (Å²) in [7, 11) is 0. The third kappa shape index (κ3) is 5.10. The predicted octanol–water partition coefficient (Wildman–Crippen LogP) is 2.71. The van der Waals surface area contributed by atoms with Crippen LogP contribution in [0.4, 0.5) is 0 Å². The van der Waals surface area contributed by atoms with Crippen LogP contribution in [-0.2, 0) is 22.7 Å². The van der Waals surface area contributed by atoms with Gasteiger partial charge in [-0.1, -0.05) is 23.7 Å². The van der Waals surface area contributed by atoms with Crippen LogP contribution in [0.3, 0.4) is 0 Å². The number of halogens is 1. The predicted molar refractivity (Wildman–Crippen MR) is 104 cm³/mol. The smallest absolute Gasteiger partial charge is 0.224 e. The normalized spacial score (nSPS) is 17.2. The zero-order valence-corrected chi connectivity index (χ0v) is 16.5. The molecule has 7 heteroatoms. The van der Waals surface area contributed by atoms with E-state index in [9.17, 15) is 9.59 Å². The topological polar surface area (TPSA) is 67.2 Å². The van der Waals surface area contributed by atoms with E-state index < -0.39 is 0 Å². The lowest BCUT2D eigenvalue weighted by Crippen LogP contribution is -2.45. The summed E-state index contributed by atoms with van der Waals surface area (Å²) in [6.45, 7) is 6.09. The fourth-order valence-corrected chi connectivity index (χ4v) is 3.55. The summed E-state index contributed by atoms with van der Waals surface area (Å²) < 4.78 is 1.90. The Kier molecular flexibility index (Phi) is 6.16. The molecule has 0 unspecified atom stereocenters. The molecule has 2 heterocycles. The highest BCUT2D eigenvalue weighted by Crippen LogP contribution is 2.20. The molecule has 144 valence electrons. The highest BCUT2D eigenvalue weighted by Gasteiger charge is 2.30. The average Bonchev–Trinajstić information content (AvgIpc) is 2.96. The quantitative estimate of drug-likeness (QED) is 0.827. The number of nitrogens with zero attached hydrogens (tertiary/aromatic N) is 3. The number of piperidine rings is 1. The Labute approximate surface area is 164 Å². The molecule has 2 aromatic rings. The van der Waals surface area contributed by atoms with Crippen LogP contribution in [-0.4, -0.2) is 39.6 Å². The molecule has 1 atom stereocenters. The first-order valence-electron chi connectivity index (χ1n) is 9.23. The second-order valence-electron chi connectivity index (χ2n) is 7.08. The third-order valence-corrected chi connectivity index (χ3v) is 5.14. The zero-order valence-electron chi connectivity index (χ0n) is 15.7. The number of hydrogen-bond acceptors (Lipinski definition) is 3. The van der Waals surface area contributed by atoms with Crippen LogP contribution in [0, 0.1) is 19.8 Å². The Morgan fingerprint density at radius 1 is 1.30 bits per heavy atom. The molecule has 27 heavy (non-hydrogen) atoms. The zero-order chi connectivity index (χ0) is 19.4. The van der Waals surface area contributed by atoms with Gasteiger partial charge < -0.3 is 10.2 Å². The van der Waals surface area contributed by atoms with Gasteiger partial charge in [-0.25, -0.2) is 0 Å². The lowest BCUT2D eigenvalue weighted by molar-refractivity contribution is -0.138. The van der Waals surface area contributed by atoms with Crippen LogP contribution in [0.2, 0.25) is 5.02 Å². The van der Waals surface area contributed by atoms with Crippen LogP contribution in [0.15, 0.2) is 30.3 Å². The minimum Gasteiger partial charge on any atom is -0.354 e. The van der Waals surface area contributed by atoms with E-state index in [2.05, 4.69) is 10.4 Å². The Morgan fingerprint density at radius 3 is 2.70 bits per heavy atom. The first kappa shape index (κ1) is 19.4. The summed E-state index contributed by atoms with van der Waals surface area (Å²) in [4.78, 5) is 26.5. The van der Waals surface area contributed by atoms with Crippen LogP contribution >= 0.6 is 11.6 Å². The molecule has 1 N–H and O–H groups in total. The van der Waals surface area contributed by atoms with Crippen molar-refractivity contribution < 1.29 is 9.59 Å². The first-order chi connectivity index (χ1) is 12.9. The number of aromatic nitrogens is 2. The van der Waals surface area contributed by atoms with E-state index in [0.29, 0.717) is 44.0 Å². The van der Waals surface area contributed by atoms with Crippen molar-refractivity contribution >= 4 is 23.4 Å². The average molecular weight is 389 g/mol. The maximum Gasteiger partial charge on any atom is 0.224 e. The van der Waals surface area contributed by atoms with Crippen LogP contribution in [0.25, 0.3) is 0 Å². The molecule has 3 rings (SSSR count). The lowest BCUT2D eigenvalue weighted by Gasteiger charge is -2.32. The molecule has 0 bridgehead atoms. The summed E-state index contributed by atoms with van der Waals surface area (Å²) in [6.07, 6.45) is 1.00. The van der Waals surface area contributed by atoms with Crippen molar-refractivity contribution in [3.8, 4) is 0 Å². The van der Waals surface area contributed by atoms with Gasteiger partial charge in [0, 0.05) is 36.8 Å². The fourth-order valence-electron chi connectivity index (χ4n) is 3.42. The van der Waals surface area contributed by atoms with Crippen molar-refractivity contribution in [3.05, 3.63) is 52.3 Å². The number of likely N-dealkylation sites (tertiary alicyclic amines) is 1. The molecular weight excluding hydrogens is 364 g/mol. The van der Waals surface area contributed by atoms with Crippen molar-refractivity contribution in [1.82, 2.24) is 20.0 Å². The molecule has 1 aliphatic heterocycles. The van der Waals surface area contributed by atoms with E-state index in [0.717, 1.165) is 17.0 Å². The molecule has 6 nitrogen and oxygen atoms in total. The molecule has 2 amide bonds. The Balaban J connectivity index is 1.51. The summed E-state index contributed by atoms with van der Waals surface area (Å²) in [6, 6.07) is 9.47. The molecular formula is C20H25ClN4O2. The molecule has 1 saturated heterocycles. The highest BCUT2D eigenvalue weighted by atomic mass is 35.5. The third-order valence-electron chi connectivity index (χ3n) is 4.88. The maximum absolute atomic E-state index is 12.5. The van der Waals surface area contributed by atoms with E-state index in [4.69, 9.17) is 11.6 Å². The second-order valence-corrected chi connectivity index (χ2v) is 7.51. The number of rotatable bonds is 6. The maximum atomic E-state index is 12.5. The van der Waals surface area contributed by atoms with Gasteiger partial charge in [-0.05, 0) is 44.0 Å². The van der Waals surface area contributed by atoms with E-state index >= 15 is 0 Å². The van der Waals surface area contributed by atoms with Gasteiger partial charge in [0.25, 0.3) is 0 Å². The van der Waals surface area contributed by atoms with Crippen molar-refractivity contribution in [2.24, 2.45) is 5.92 Å². The second kappa shape index (κ2) is 8.57. The van der Waals surface area contributed by atoms with E-state index in [-0.39, 0.29) is 17.7 Å². The van der Waals surface area contributed by atoms with Gasteiger partial charge in [0.2, 0.25) is 11.8 Å². The van der Waals surface area contributed by atoms with Crippen molar-refractivity contribution in [1.29, 1.82) is 0 Å². The van der Waals surface area contributed by atoms with Gasteiger partial charge in [0.15, 0.2) is 0 Å². The Bertz CT molecular complexity index is 816. The monoisotopic (exact) mass is 388 g/mol. The minimum atomic E-state index is -0.171. The van der Waals surface area contributed by atoms with E-state index in [1.807, 2.05) is 48.9 Å². The summed E-state index contributed by atoms with van der Waals surface area (Å²) in [5, 5.41) is 8.06. The van der Waals surface area contributed by atoms with Gasteiger partial charge in [-0.2, -0.15) is 5.10 Å². The van der Waals surface area contributed by atoms with Crippen LogP contribution in [0.5, 0.6) is 0 Å². The highest BCUT2D eigenvalue weighted by molar-refractivity contribution is 6.30. The minimum absolute atomic E-state index is 0.00476. The van der Waals surface area contributed by atoms with E-state index in [1.54, 1.807) is 4.90 Å². The summed E-state index contributed by atoms with van der Waals surface area (Å²) in [5.41, 5.74) is 3.07. The van der Waals surface area contributed by atoms with Gasteiger partial charge in [0.1, 0.15) is 0 Å². The number of aryl methyl sites for hydroxylation is 2. The SMILES string of the molecule is Cc1cc(C)n(CCNC(=O)[C@H]2CCC(=O)N(Cc3ccc(Cl)cc3)C2)n1. The van der Waals surface area contributed by atoms with Gasteiger partial charge in [-0.3, -0.25) is 14.3 Å². The number of nitrogens with one attached hydrogen (secondary N) is 1. The fraction of sp³-hybridized carbons (Fsp3) is 0.450. The Hall–Kier alpha value is -2.34. The lowest BCUT2D eigenvalue weighted by atomic mass is 9.96. The van der Waals surface area contributed by atoms with Crippen molar-refractivity contribution in [2.75, 3.05) is 13.1 Å². The summed E-state index contributed by atoms with van der Waals surface area (Å²) in [5.74, 6) is -0.0720. The van der Waals surface area contributed by atoms with E-state index in [1.165, 1.54) is 0 Å². The van der Waals surface area contributed by atoms with Gasteiger partial charge in [0.05, 0.1) is 18.2 Å². The molecule has 0 spiro atoms. The molecule has 1 aromatic heterocycles. The number of carbonyl (C=O) groups excluding carboxylic acids is 2. The van der Waals surface area contributed by atoms with Gasteiger partial charge in [-0.15, -0.1) is 0 Å². The number of benzene rings is 1. The standard InChI is InChI=1S/C20H25ClN4O2/c1-14-11-15(2)25(23-14)10-9-22-20(27)17-5-8-19(26)24(13-17)12-16-3-6-18(21)7-4-16/h3-4,6-7,11,17H,5,8-10,12-13H2,1-2H3,(H,22,27)/t17-/m0/s1. The molecule has 0 radical (unpaired) electrons. The Morgan fingerprint density at radius 2 is 2.04 bits per heavy atom. The van der Waals surface area contributed by atoms with Crippen LogP contribution in [0.1, 0.15) is 29.8 Å². The number of hydrogen-bond donors (Lipinski definition) is 1. The first-order valence-corrected chi connectivity index (χ1v) is 9.61. The molecule has 1 aliphatic rings. The molecule has 1 aromatic carbocycles. The molecule has 0 saturated carbocycles. The summed E-state index contributed by atoms with van der Waals surface area (Å²) >= 11 is 5.91. The number of carbonyl (C=O) groups is 2. The van der Waals surface area contributed by atoms with Crippen molar-refractivity contribution in [2.45, 2.75) is 39.8 Å². The van der Waals surface area contributed by atoms with Gasteiger partial charge >= 0.3 is 0 Å². The molecule has 0 aliphatic carbocycles. The van der Waals surface area contributed by atoms with Crippen molar-refractivity contribution in [3.63, 3.8) is 0 Å².